The van der Waals surface area contributed by atoms with Crippen LogP contribution in [0.3, 0.4) is 0 Å². The fourth-order valence-corrected chi connectivity index (χ4v) is 2.09. The molecule has 0 bridgehead atoms. The van der Waals surface area contributed by atoms with Gasteiger partial charge in [0.15, 0.2) is 0 Å². The zero-order chi connectivity index (χ0) is 11.8. The Morgan fingerprint density at radius 2 is 1.76 bits per heavy atom. The summed E-state index contributed by atoms with van der Waals surface area (Å²) in [4.78, 5) is 4.58. The van der Waals surface area contributed by atoms with Gasteiger partial charge >= 0.3 is 0 Å². The van der Waals surface area contributed by atoms with Crippen molar-refractivity contribution >= 4 is 11.5 Å². The van der Waals surface area contributed by atoms with E-state index in [1.165, 1.54) is 0 Å². The fraction of sp³-hybridized carbons (Fsp3) is 0.0714. The number of aryl methyl sites for hydroxylation is 1. The van der Waals surface area contributed by atoms with E-state index in [9.17, 15) is 0 Å². The van der Waals surface area contributed by atoms with Crippen LogP contribution in [0.1, 0.15) is 5.69 Å². The smallest absolute Gasteiger partial charge is 0.139 e. The van der Waals surface area contributed by atoms with Gasteiger partial charge in [-0.15, -0.1) is 0 Å². The van der Waals surface area contributed by atoms with Gasteiger partial charge in [0, 0.05) is 11.3 Å². The Morgan fingerprint density at radius 3 is 2.47 bits per heavy atom. The molecule has 0 spiro atoms. The predicted octanol–water partition coefficient (Wildman–Crippen LogP) is 2.89. The van der Waals surface area contributed by atoms with Crippen molar-refractivity contribution in [3.63, 3.8) is 0 Å². The number of anilines is 1. The van der Waals surface area contributed by atoms with Crippen molar-refractivity contribution in [2.24, 2.45) is 0 Å². The number of hydrogen-bond donors (Lipinski definition) is 1. The lowest BCUT2D eigenvalue weighted by Crippen LogP contribution is -1.97. The van der Waals surface area contributed by atoms with Crippen molar-refractivity contribution in [2.45, 2.75) is 6.92 Å². The summed E-state index contributed by atoms with van der Waals surface area (Å²) in [6.07, 6.45) is 0. The summed E-state index contributed by atoms with van der Waals surface area (Å²) in [5.41, 5.74) is 10.1. The third kappa shape index (κ3) is 1.47. The maximum atomic E-state index is 6.17. The first kappa shape index (κ1) is 9.90. The molecule has 0 atom stereocenters. The highest BCUT2D eigenvalue weighted by Gasteiger charge is 2.11. The van der Waals surface area contributed by atoms with E-state index in [0.29, 0.717) is 5.82 Å². The maximum Gasteiger partial charge on any atom is 0.139 e. The lowest BCUT2D eigenvalue weighted by Gasteiger charge is -2.01. The van der Waals surface area contributed by atoms with Gasteiger partial charge in [0.05, 0.1) is 0 Å². The van der Waals surface area contributed by atoms with Gasteiger partial charge < -0.3 is 5.73 Å². The quantitative estimate of drug-likeness (QED) is 0.689. The SMILES string of the molecule is Cc1cccc2nc(-c3ccccc3)c(N)n12. The number of pyridine rings is 1. The molecule has 2 N–H and O–H groups in total. The van der Waals surface area contributed by atoms with Crippen molar-refractivity contribution in [3.05, 3.63) is 54.2 Å². The standard InChI is InChI=1S/C14H13N3/c1-10-6-5-9-12-16-13(14(15)17(10)12)11-7-3-2-4-8-11/h2-9H,15H2,1H3. The summed E-state index contributed by atoms with van der Waals surface area (Å²) in [6.45, 7) is 2.03. The molecule has 0 unspecified atom stereocenters. The molecule has 0 saturated heterocycles. The minimum absolute atomic E-state index is 0.698. The number of nitrogens with two attached hydrogens (primary N) is 1. The summed E-state index contributed by atoms with van der Waals surface area (Å²) < 4.78 is 1.97. The first-order valence-electron chi connectivity index (χ1n) is 5.56. The number of benzene rings is 1. The second kappa shape index (κ2) is 3.63. The van der Waals surface area contributed by atoms with Gasteiger partial charge in [-0.25, -0.2) is 4.98 Å². The fourth-order valence-electron chi connectivity index (χ4n) is 2.09. The predicted molar refractivity (Wildman–Crippen MR) is 69.8 cm³/mol. The molecule has 3 aromatic rings. The Kier molecular flexibility index (Phi) is 2.11. The lowest BCUT2D eigenvalue weighted by molar-refractivity contribution is 1.10. The Labute approximate surface area is 99.5 Å². The molecular weight excluding hydrogens is 210 g/mol. The molecule has 17 heavy (non-hydrogen) atoms. The highest BCUT2D eigenvalue weighted by molar-refractivity contribution is 5.75. The third-order valence-corrected chi connectivity index (χ3v) is 2.92. The molecular formula is C14H13N3. The number of nitrogen functional groups attached to an aromatic ring is 1. The molecule has 84 valence electrons. The van der Waals surface area contributed by atoms with Crippen molar-refractivity contribution in [3.8, 4) is 11.3 Å². The van der Waals surface area contributed by atoms with E-state index in [2.05, 4.69) is 4.98 Å². The molecule has 3 nitrogen and oxygen atoms in total. The largest absolute Gasteiger partial charge is 0.383 e. The molecule has 3 rings (SSSR count). The lowest BCUT2D eigenvalue weighted by atomic mass is 10.1. The van der Waals surface area contributed by atoms with Crippen LogP contribution in [-0.2, 0) is 0 Å². The van der Waals surface area contributed by atoms with Crippen LogP contribution in [0.15, 0.2) is 48.5 Å². The van der Waals surface area contributed by atoms with Gasteiger partial charge in [-0.05, 0) is 19.1 Å². The number of nitrogens with zero attached hydrogens (tertiary/aromatic N) is 2. The first-order valence-corrected chi connectivity index (χ1v) is 5.56. The summed E-state index contributed by atoms with van der Waals surface area (Å²) >= 11 is 0. The van der Waals surface area contributed by atoms with Crippen LogP contribution < -0.4 is 5.73 Å². The molecule has 0 aliphatic rings. The van der Waals surface area contributed by atoms with E-state index in [4.69, 9.17) is 5.73 Å². The molecule has 0 saturated carbocycles. The zero-order valence-corrected chi connectivity index (χ0v) is 9.59. The van der Waals surface area contributed by atoms with Crippen LogP contribution in [-0.4, -0.2) is 9.38 Å². The van der Waals surface area contributed by atoms with E-state index >= 15 is 0 Å². The van der Waals surface area contributed by atoms with Gasteiger partial charge in [0.1, 0.15) is 17.2 Å². The third-order valence-electron chi connectivity index (χ3n) is 2.92. The molecule has 3 heteroatoms. The summed E-state index contributed by atoms with van der Waals surface area (Å²) in [5.74, 6) is 0.698. The van der Waals surface area contributed by atoms with Crippen LogP contribution in [0.5, 0.6) is 0 Å². The molecule has 0 fully saturated rings. The van der Waals surface area contributed by atoms with E-state index in [-0.39, 0.29) is 0 Å². The molecule has 0 amide bonds. The van der Waals surface area contributed by atoms with E-state index < -0.39 is 0 Å². The van der Waals surface area contributed by atoms with Crippen molar-refractivity contribution in [1.82, 2.24) is 9.38 Å². The second-order valence-corrected chi connectivity index (χ2v) is 4.07. The molecule has 2 heterocycles. The number of rotatable bonds is 1. The van der Waals surface area contributed by atoms with Crippen LogP contribution in [0.2, 0.25) is 0 Å². The number of imidazole rings is 1. The zero-order valence-electron chi connectivity index (χ0n) is 9.59. The maximum absolute atomic E-state index is 6.17. The van der Waals surface area contributed by atoms with Crippen LogP contribution in [0.4, 0.5) is 5.82 Å². The number of hydrogen-bond acceptors (Lipinski definition) is 2. The van der Waals surface area contributed by atoms with Gasteiger partial charge in [0.25, 0.3) is 0 Å². The Balaban J connectivity index is 2.33. The Bertz CT molecular complexity index is 669. The van der Waals surface area contributed by atoms with Gasteiger partial charge in [-0.3, -0.25) is 4.40 Å². The molecule has 2 aromatic heterocycles. The Hall–Kier alpha value is -2.29. The van der Waals surface area contributed by atoms with E-state index in [0.717, 1.165) is 22.6 Å². The van der Waals surface area contributed by atoms with Crippen LogP contribution >= 0.6 is 0 Å². The van der Waals surface area contributed by atoms with Gasteiger partial charge in [-0.2, -0.15) is 0 Å². The monoisotopic (exact) mass is 223 g/mol. The average molecular weight is 223 g/mol. The molecule has 0 aliphatic heterocycles. The van der Waals surface area contributed by atoms with Crippen LogP contribution in [0, 0.1) is 6.92 Å². The number of aromatic nitrogens is 2. The topological polar surface area (TPSA) is 43.3 Å². The molecule has 1 aromatic carbocycles. The average Bonchev–Trinajstić information content (AvgIpc) is 2.69. The highest BCUT2D eigenvalue weighted by Crippen LogP contribution is 2.26. The normalized spacial score (nSPS) is 10.9. The van der Waals surface area contributed by atoms with Crippen molar-refractivity contribution in [1.29, 1.82) is 0 Å². The molecule has 0 aliphatic carbocycles. The van der Waals surface area contributed by atoms with Crippen LogP contribution in [0.25, 0.3) is 16.9 Å². The van der Waals surface area contributed by atoms with Gasteiger partial charge in [-0.1, -0.05) is 36.4 Å². The summed E-state index contributed by atoms with van der Waals surface area (Å²) in [5, 5.41) is 0. The van der Waals surface area contributed by atoms with E-state index in [1.54, 1.807) is 0 Å². The Morgan fingerprint density at radius 1 is 1.00 bits per heavy atom. The minimum atomic E-state index is 0.698. The summed E-state index contributed by atoms with van der Waals surface area (Å²) in [7, 11) is 0. The number of fused-ring (bicyclic) bond motifs is 1. The summed E-state index contributed by atoms with van der Waals surface area (Å²) in [6, 6.07) is 16.0. The molecule has 0 radical (unpaired) electrons. The highest BCUT2D eigenvalue weighted by atomic mass is 15.1. The van der Waals surface area contributed by atoms with Gasteiger partial charge in [0.2, 0.25) is 0 Å². The minimum Gasteiger partial charge on any atom is -0.383 e. The van der Waals surface area contributed by atoms with Crippen molar-refractivity contribution < 1.29 is 0 Å². The van der Waals surface area contributed by atoms with E-state index in [1.807, 2.05) is 59.9 Å². The second-order valence-electron chi connectivity index (χ2n) is 4.07. The first-order chi connectivity index (χ1) is 8.27. The van der Waals surface area contributed by atoms with Crippen molar-refractivity contribution in [2.75, 3.05) is 5.73 Å².